The molecule has 0 radical (unpaired) electrons. The van der Waals surface area contributed by atoms with Crippen molar-refractivity contribution in [1.29, 1.82) is 0 Å². The molecule has 0 bridgehead atoms. The van der Waals surface area contributed by atoms with E-state index in [9.17, 15) is 4.79 Å². The van der Waals surface area contributed by atoms with E-state index >= 15 is 0 Å². The molecule has 0 saturated heterocycles. The van der Waals surface area contributed by atoms with Gasteiger partial charge in [-0.05, 0) is 45.0 Å². The standard InChI is InChI=1S/C20H25N7O2/c1-20(2,3)29-19(28)23-12-15(24-14-7-5-4-6-8-14)18-25-17(26-27-18)13-9-10-22-16(21)11-13/h4-11,15,24H,12H2,1-3H3,(H2,21,22)(H,23,28)(H,25,26,27). The molecule has 2 heterocycles. The van der Waals surface area contributed by atoms with E-state index in [0.717, 1.165) is 11.3 Å². The number of aromatic amines is 1. The number of amides is 1. The Labute approximate surface area is 169 Å². The summed E-state index contributed by atoms with van der Waals surface area (Å²) in [6.07, 6.45) is 1.10. The first kappa shape index (κ1) is 20.1. The van der Waals surface area contributed by atoms with Gasteiger partial charge < -0.3 is 21.1 Å². The molecule has 3 aromatic rings. The van der Waals surface area contributed by atoms with Gasteiger partial charge in [0.25, 0.3) is 0 Å². The van der Waals surface area contributed by atoms with E-state index in [1.54, 1.807) is 18.3 Å². The van der Waals surface area contributed by atoms with Crippen LogP contribution < -0.4 is 16.4 Å². The van der Waals surface area contributed by atoms with Crippen molar-refractivity contribution in [1.82, 2.24) is 25.5 Å². The molecule has 1 atom stereocenters. The molecule has 0 aliphatic heterocycles. The van der Waals surface area contributed by atoms with Crippen molar-refractivity contribution in [3.05, 3.63) is 54.5 Å². The number of aromatic nitrogens is 4. The van der Waals surface area contributed by atoms with Gasteiger partial charge in [-0.2, -0.15) is 5.10 Å². The fourth-order valence-electron chi connectivity index (χ4n) is 2.60. The van der Waals surface area contributed by atoms with Crippen LogP contribution in [0.3, 0.4) is 0 Å². The number of hydrogen-bond donors (Lipinski definition) is 4. The van der Waals surface area contributed by atoms with Gasteiger partial charge in [0.1, 0.15) is 23.3 Å². The molecule has 9 nitrogen and oxygen atoms in total. The van der Waals surface area contributed by atoms with Gasteiger partial charge in [-0.1, -0.05) is 18.2 Å². The number of H-pyrrole nitrogens is 1. The van der Waals surface area contributed by atoms with Crippen LogP contribution >= 0.6 is 0 Å². The molecule has 1 aromatic carbocycles. The zero-order valence-corrected chi connectivity index (χ0v) is 16.6. The van der Waals surface area contributed by atoms with Crippen LogP contribution in [-0.4, -0.2) is 38.4 Å². The largest absolute Gasteiger partial charge is 0.444 e. The number of carbonyl (C=O) groups is 1. The third-order valence-electron chi connectivity index (χ3n) is 3.84. The van der Waals surface area contributed by atoms with Crippen molar-refractivity contribution in [2.45, 2.75) is 32.4 Å². The smallest absolute Gasteiger partial charge is 0.407 e. The minimum Gasteiger partial charge on any atom is -0.444 e. The maximum atomic E-state index is 12.1. The molecule has 0 aliphatic carbocycles. The van der Waals surface area contributed by atoms with Gasteiger partial charge >= 0.3 is 6.09 Å². The average Bonchev–Trinajstić information content (AvgIpc) is 3.15. The molecule has 3 rings (SSSR count). The Balaban J connectivity index is 1.78. The molecule has 1 amide bonds. The Morgan fingerprint density at radius 3 is 2.69 bits per heavy atom. The monoisotopic (exact) mass is 395 g/mol. The lowest BCUT2D eigenvalue weighted by atomic mass is 10.2. The van der Waals surface area contributed by atoms with Crippen molar-refractivity contribution in [2.24, 2.45) is 0 Å². The van der Waals surface area contributed by atoms with Crippen LogP contribution in [0.25, 0.3) is 11.4 Å². The summed E-state index contributed by atoms with van der Waals surface area (Å²) in [6.45, 7) is 5.69. The van der Waals surface area contributed by atoms with Gasteiger partial charge in [-0.3, -0.25) is 5.10 Å². The van der Waals surface area contributed by atoms with E-state index in [1.165, 1.54) is 0 Å². The number of hydrogen-bond acceptors (Lipinski definition) is 7. The van der Waals surface area contributed by atoms with Crippen LogP contribution in [0.15, 0.2) is 48.7 Å². The van der Waals surface area contributed by atoms with Gasteiger partial charge in [0.15, 0.2) is 5.82 Å². The van der Waals surface area contributed by atoms with Crippen molar-refractivity contribution in [3.63, 3.8) is 0 Å². The highest BCUT2D eigenvalue weighted by molar-refractivity contribution is 5.67. The molecule has 0 aliphatic rings. The van der Waals surface area contributed by atoms with Crippen LogP contribution in [0.1, 0.15) is 32.6 Å². The second-order valence-electron chi connectivity index (χ2n) is 7.46. The summed E-state index contributed by atoms with van der Waals surface area (Å²) in [5, 5.41) is 13.3. The number of ether oxygens (including phenoxy) is 1. The molecule has 29 heavy (non-hydrogen) atoms. The van der Waals surface area contributed by atoms with Gasteiger partial charge in [0, 0.05) is 24.0 Å². The fraction of sp³-hybridized carbons (Fsp3) is 0.300. The second-order valence-corrected chi connectivity index (χ2v) is 7.46. The van der Waals surface area contributed by atoms with Gasteiger partial charge in [-0.15, -0.1) is 0 Å². The van der Waals surface area contributed by atoms with E-state index in [0.29, 0.717) is 17.5 Å². The Morgan fingerprint density at radius 1 is 1.24 bits per heavy atom. The highest BCUT2D eigenvalue weighted by atomic mass is 16.6. The SMILES string of the molecule is CC(C)(C)OC(=O)NCC(Nc1ccccc1)c1nc(-c2ccnc(N)c2)n[nH]1. The lowest BCUT2D eigenvalue weighted by Crippen LogP contribution is -2.36. The molecule has 5 N–H and O–H groups in total. The van der Waals surface area contributed by atoms with Crippen LogP contribution in [0, 0.1) is 0 Å². The Hall–Kier alpha value is -3.62. The number of para-hydroxylation sites is 1. The maximum absolute atomic E-state index is 12.1. The third kappa shape index (κ3) is 5.93. The number of carbonyl (C=O) groups excluding carboxylic acids is 1. The van der Waals surface area contributed by atoms with Crippen LogP contribution in [0.2, 0.25) is 0 Å². The quantitative estimate of drug-likeness (QED) is 0.504. The van der Waals surface area contributed by atoms with E-state index in [2.05, 4.69) is 30.8 Å². The van der Waals surface area contributed by atoms with Crippen molar-refractivity contribution in [3.8, 4) is 11.4 Å². The maximum Gasteiger partial charge on any atom is 0.407 e. The molecule has 1 unspecified atom stereocenters. The topological polar surface area (TPSA) is 131 Å². The summed E-state index contributed by atoms with van der Waals surface area (Å²) in [7, 11) is 0. The zero-order chi connectivity index (χ0) is 20.9. The van der Waals surface area contributed by atoms with Crippen LogP contribution in [0.4, 0.5) is 16.3 Å². The first-order valence-electron chi connectivity index (χ1n) is 9.23. The summed E-state index contributed by atoms with van der Waals surface area (Å²) >= 11 is 0. The normalized spacial score (nSPS) is 12.2. The number of nitrogen functional groups attached to an aromatic ring is 1. The van der Waals surface area contributed by atoms with E-state index in [4.69, 9.17) is 10.5 Å². The molecule has 9 heteroatoms. The Kier molecular flexibility index (Phi) is 5.96. The highest BCUT2D eigenvalue weighted by Gasteiger charge is 2.21. The molecular weight excluding hydrogens is 370 g/mol. The number of nitrogens with zero attached hydrogens (tertiary/aromatic N) is 3. The predicted molar refractivity (Wildman–Crippen MR) is 111 cm³/mol. The molecular formula is C20H25N7O2. The number of anilines is 2. The number of alkyl carbamates (subject to hydrolysis) is 1. The Morgan fingerprint density at radius 2 is 2.00 bits per heavy atom. The summed E-state index contributed by atoms with van der Waals surface area (Å²) in [5.74, 6) is 1.45. The number of nitrogens with two attached hydrogens (primary N) is 1. The van der Waals surface area contributed by atoms with Crippen molar-refractivity contribution >= 4 is 17.6 Å². The lowest BCUT2D eigenvalue weighted by molar-refractivity contribution is 0.0525. The lowest BCUT2D eigenvalue weighted by Gasteiger charge is -2.22. The number of benzene rings is 1. The van der Waals surface area contributed by atoms with Crippen LogP contribution in [-0.2, 0) is 4.74 Å². The summed E-state index contributed by atoms with van der Waals surface area (Å²) < 4.78 is 5.32. The molecule has 0 spiro atoms. The molecule has 152 valence electrons. The van der Waals surface area contributed by atoms with Crippen LogP contribution in [0.5, 0.6) is 0 Å². The van der Waals surface area contributed by atoms with Crippen molar-refractivity contribution < 1.29 is 9.53 Å². The van der Waals surface area contributed by atoms with Gasteiger partial charge in [0.05, 0.1) is 0 Å². The minimum absolute atomic E-state index is 0.247. The van der Waals surface area contributed by atoms with Gasteiger partial charge in [0.2, 0.25) is 0 Å². The summed E-state index contributed by atoms with van der Waals surface area (Å²) in [4.78, 5) is 20.6. The zero-order valence-electron chi connectivity index (χ0n) is 16.6. The van der Waals surface area contributed by atoms with E-state index in [-0.39, 0.29) is 12.6 Å². The van der Waals surface area contributed by atoms with Crippen molar-refractivity contribution in [2.75, 3.05) is 17.6 Å². The van der Waals surface area contributed by atoms with E-state index < -0.39 is 11.7 Å². The summed E-state index contributed by atoms with van der Waals surface area (Å²) in [5.41, 5.74) is 6.80. The number of pyridine rings is 1. The molecule has 0 saturated carbocycles. The average molecular weight is 395 g/mol. The highest BCUT2D eigenvalue weighted by Crippen LogP contribution is 2.21. The number of nitrogens with one attached hydrogen (secondary N) is 3. The predicted octanol–water partition coefficient (Wildman–Crippen LogP) is 3.13. The fourth-order valence-corrected chi connectivity index (χ4v) is 2.60. The first-order valence-corrected chi connectivity index (χ1v) is 9.23. The summed E-state index contributed by atoms with van der Waals surface area (Å²) in [6, 6.07) is 12.8. The Bertz CT molecular complexity index is 951. The second kappa shape index (κ2) is 8.59. The first-order chi connectivity index (χ1) is 13.8. The number of rotatable bonds is 6. The van der Waals surface area contributed by atoms with E-state index in [1.807, 2.05) is 51.1 Å². The third-order valence-corrected chi connectivity index (χ3v) is 3.84. The molecule has 0 fully saturated rings. The van der Waals surface area contributed by atoms with Gasteiger partial charge in [-0.25, -0.2) is 14.8 Å². The minimum atomic E-state index is -0.576. The molecule has 2 aromatic heterocycles.